The highest BCUT2D eigenvalue weighted by atomic mass is 16.1. The highest BCUT2D eigenvalue weighted by molar-refractivity contribution is 6.10. The van der Waals surface area contributed by atoms with E-state index in [2.05, 4.69) is 6.92 Å². The molecule has 0 bridgehead atoms. The van der Waals surface area contributed by atoms with Crippen LogP contribution in [-0.2, 0) is 9.59 Å². The van der Waals surface area contributed by atoms with E-state index < -0.39 is 0 Å². The van der Waals surface area contributed by atoms with Gasteiger partial charge in [-0.2, -0.15) is 0 Å². The predicted octanol–water partition coefficient (Wildman–Crippen LogP) is 4.96. The van der Waals surface area contributed by atoms with Crippen LogP contribution in [0.15, 0.2) is 69.9 Å². The number of hydrogen-bond acceptors (Lipinski definition) is 2. The molecule has 0 N–H and O–H groups in total. The second kappa shape index (κ2) is 7.36. The van der Waals surface area contributed by atoms with E-state index >= 15 is 0 Å². The van der Waals surface area contributed by atoms with Gasteiger partial charge in [-0.05, 0) is 85.8 Å². The van der Waals surface area contributed by atoms with Crippen LogP contribution >= 0.6 is 0 Å². The van der Waals surface area contributed by atoms with E-state index in [1.165, 1.54) is 0 Å². The molecule has 2 aliphatic rings. The third kappa shape index (κ3) is 4.16. The van der Waals surface area contributed by atoms with Crippen LogP contribution < -0.4 is 0 Å². The van der Waals surface area contributed by atoms with E-state index in [4.69, 9.17) is 0 Å². The smallest absolute Gasteiger partial charge is 0.184 e. The van der Waals surface area contributed by atoms with Crippen molar-refractivity contribution in [3.05, 3.63) is 69.9 Å². The zero-order valence-electron chi connectivity index (χ0n) is 14.4. The minimum atomic E-state index is 0.107. The molecule has 0 amide bonds. The summed E-state index contributed by atoms with van der Waals surface area (Å²) in [5.41, 5.74) is 5.27. The van der Waals surface area contributed by atoms with Gasteiger partial charge in [0.25, 0.3) is 0 Å². The molecule has 120 valence electrons. The largest absolute Gasteiger partial charge is 0.289 e. The first-order valence-corrected chi connectivity index (χ1v) is 8.19. The van der Waals surface area contributed by atoms with Crippen LogP contribution in [0.5, 0.6) is 0 Å². The number of hydrogen-bond donors (Lipinski definition) is 0. The van der Waals surface area contributed by atoms with E-state index in [0.717, 1.165) is 52.7 Å². The maximum atomic E-state index is 12.2. The van der Waals surface area contributed by atoms with Crippen molar-refractivity contribution >= 4 is 11.6 Å². The van der Waals surface area contributed by atoms with Gasteiger partial charge < -0.3 is 0 Å². The lowest BCUT2D eigenvalue weighted by molar-refractivity contribution is -0.113. The molecule has 0 spiro atoms. The summed E-state index contributed by atoms with van der Waals surface area (Å²) in [7, 11) is 0. The topological polar surface area (TPSA) is 34.1 Å². The Bertz CT molecular complexity index is 695. The quantitative estimate of drug-likeness (QED) is 0.735. The zero-order valence-corrected chi connectivity index (χ0v) is 14.4. The van der Waals surface area contributed by atoms with Gasteiger partial charge in [-0.3, -0.25) is 9.59 Å². The first-order valence-electron chi connectivity index (χ1n) is 8.19. The fourth-order valence-corrected chi connectivity index (χ4v) is 2.80. The summed E-state index contributed by atoms with van der Waals surface area (Å²) in [5.74, 6) is 0.272. The monoisotopic (exact) mass is 308 g/mol. The number of unbranched alkanes of at least 4 members (excludes halogenated alkanes) is 1. The Balaban J connectivity index is 2.28. The fourth-order valence-electron chi connectivity index (χ4n) is 2.80. The lowest BCUT2D eigenvalue weighted by atomic mass is 9.91. The molecule has 23 heavy (non-hydrogen) atoms. The average Bonchev–Trinajstić information content (AvgIpc) is 2.52. The van der Waals surface area contributed by atoms with Gasteiger partial charge in [0, 0.05) is 5.57 Å². The first-order chi connectivity index (χ1) is 10.9. The van der Waals surface area contributed by atoms with Crippen molar-refractivity contribution in [1.82, 2.24) is 0 Å². The lowest BCUT2D eigenvalue weighted by Gasteiger charge is -2.13. The molecule has 2 aliphatic carbocycles. The van der Waals surface area contributed by atoms with Gasteiger partial charge in [0.1, 0.15) is 0 Å². The van der Waals surface area contributed by atoms with E-state index in [0.29, 0.717) is 0 Å². The van der Waals surface area contributed by atoms with Gasteiger partial charge in [0.05, 0.1) is 0 Å². The maximum Gasteiger partial charge on any atom is 0.184 e. The second-order valence-corrected chi connectivity index (χ2v) is 6.25. The van der Waals surface area contributed by atoms with E-state index in [1.807, 2.05) is 57.2 Å². The van der Waals surface area contributed by atoms with Gasteiger partial charge in [-0.1, -0.05) is 25.5 Å². The molecule has 0 aromatic carbocycles. The molecule has 2 nitrogen and oxygen atoms in total. The molecule has 0 fully saturated rings. The van der Waals surface area contributed by atoms with Crippen molar-refractivity contribution in [3.8, 4) is 0 Å². The Morgan fingerprint density at radius 1 is 0.783 bits per heavy atom. The Labute approximate surface area is 138 Å². The van der Waals surface area contributed by atoms with E-state index in [1.54, 1.807) is 0 Å². The highest BCUT2D eigenvalue weighted by Gasteiger charge is 2.16. The van der Waals surface area contributed by atoms with Crippen molar-refractivity contribution in [3.63, 3.8) is 0 Å². The van der Waals surface area contributed by atoms with Gasteiger partial charge in [0.15, 0.2) is 11.6 Å². The van der Waals surface area contributed by atoms with Gasteiger partial charge in [-0.15, -0.1) is 0 Å². The molecule has 2 rings (SSSR count). The zero-order chi connectivity index (χ0) is 17.0. The average molecular weight is 308 g/mol. The molecule has 0 atom stereocenters. The predicted molar refractivity (Wildman–Crippen MR) is 95.1 cm³/mol. The van der Waals surface area contributed by atoms with Crippen LogP contribution in [0.4, 0.5) is 0 Å². The molecule has 0 radical (unpaired) electrons. The molecule has 0 saturated heterocycles. The SMILES string of the molecule is CCCCC1=C/C(=C/C=C2C=C(C)C(=O)C(C)=C2)C=C(C)C1=O. The number of allylic oxidation sites excluding steroid dienone is 12. The molecular formula is C21H24O2. The molecular weight excluding hydrogens is 284 g/mol. The summed E-state index contributed by atoms with van der Waals surface area (Å²) in [5, 5.41) is 0. The molecule has 0 aliphatic heterocycles. The van der Waals surface area contributed by atoms with Crippen LogP contribution in [0.2, 0.25) is 0 Å². The molecule has 0 unspecified atom stereocenters. The number of Topliss-reactive ketones (excluding diaryl/α,β-unsaturated/α-hetero) is 2. The van der Waals surface area contributed by atoms with E-state index in [-0.39, 0.29) is 11.6 Å². The minimum absolute atomic E-state index is 0.107. The third-order valence-corrected chi connectivity index (χ3v) is 4.12. The summed E-state index contributed by atoms with van der Waals surface area (Å²) in [4.78, 5) is 23.9. The lowest BCUT2D eigenvalue weighted by Crippen LogP contribution is -2.09. The molecule has 0 saturated carbocycles. The standard InChI is InChI=1S/C21H24O2/c1-5-6-7-19-13-18(12-16(4)21(19)23)9-8-17-10-14(2)20(22)15(3)11-17/h8-13H,5-7H2,1-4H3/b18-9+. The third-order valence-electron chi connectivity index (χ3n) is 4.12. The molecule has 0 heterocycles. The van der Waals surface area contributed by atoms with Gasteiger partial charge >= 0.3 is 0 Å². The van der Waals surface area contributed by atoms with Crippen molar-refractivity contribution in [2.24, 2.45) is 0 Å². The van der Waals surface area contributed by atoms with Gasteiger partial charge in [-0.25, -0.2) is 0 Å². The summed E-state index contributed by atoms with van der Waals surface area (Å²) in [6.07, 6.45) is 14.7. The van der Waals surface area contributed by atoms with Crippen molar-refractivity contribution in [1.29, 1.82) is 0 Å². The highest BCUT2D eigenvalue weighted by Crippen LogP contribution is 2.24. The van der Waals surface area contributed by atoms with Crippen molar-refractivity contribution in [2.45, 2.75) is 47.0 Å². The second-order valence-electron chi connectivity index (χ2n) is 6.25. The Kier molecular flexibility index (Phi) is 5.49. The number of carbonyl (C=O) groups is 2. The first kappa shape index (κ1) is 17.1. The van der Waals surface area contributed by atoms with Crippen LogP contribution in [0, 0.1) is 0 Å². The van der Waals surface area contributed by atoms with Crippen LogP contribution in [0.1, 0.15) is 47.0 Å². The normalized spacial score (nSPS) is 20.2. The van der Waals surface area contributed by atoms with Crippen molar-refractivity contribution in [2.75, 3.05) is 0 Å². The van der Waals surface area contributed by atoms with Crippen LogP contribution in [0.3, 0.4) is 0 Å². The Hall–Kier alpha value is -2.22. The maximum absolute atomic E-state index is 12.2. The number of ketones is 2. The van der Waals surface area contributed by atoms with Crippen LogP contribution in [-0.4, -0.2) is 11.6 Å². The summed E-state index contributed by atoms with van der Waals surface area (Å²) in [6, 6.07) is 0. The number of rotatable bonds is 4. The summed E-state index contributed by atoms with van der Waals surface area (Å²) >= 11 is 0. The minimum Gasteiger partial charge on any atom is -0.289 e. The number of carbonyl (C=O) groups excluding carboxylic acids is 2. The van der Waals surface area contributed by atoms with E-state index in [9.17, 15) is 9.59 Å². The van der Waals surface area contributed by atoms with Gasteiger partial charge in [0.2, 0.25) is 0 Å². The van der Waals surface area contributed by atoms with Crippen molar-refractivity contribution < 1.29 is 9.59 Å². The summed E-state index contributed by atoms with van der Waals surface area (Å²) in [6.45, 7) is 7.68. The Morgan fingerprint density at radius 3 is 1.78 bits per heavy atom. The molecule has 0 aromatic heterocycles. The molecule has 0 aromatic rings. The van der Waals surface area contributed by atoms with Crippen LogP contribution in [0.25, 0.3) is 0 Å². The Morgan fingerprint density at radius 2 is 1.26 bits per heavy atom. The molecule has 2 heteroatoms. The fraction of sp³-hybridized carbons (Fsp3) is 0.333. The summed E-state index contributed by atoms with van der Waals surface area (Å²) < 4.78 is 0.